The number of nitrogens with two attached hydrogens (primary N) is 1. The molecule has 0 saturated heterocycles. The van der Waals surface area contributed by atoms with E-state index in [0.29, 0.717) is 23.3 Å². The Bertz CT molecular complexity index is 1430. The van der Waals surface area contributed by atoms with Crippen molar-refractivity contribution in [1.82, 2.24) is 35.2 Å². The molecule has 210 valence electrons. The number of pyridine rings is 2. The van der Waals surface area contributed by atoms with Crippen molar-refractivity contribution in [1.29, 1.82) is 0 Å². The predicted molar refractivity (Wildman–Crippen MR) is 145 cm³/mol. The van der Waals surface area contributed by atoms with Crippen molar-refractivity contribution in [3.63, 3.8) is 0 Å². The Hall–Kier alpha value is -4.43. The van der Waals surface area contributed by atoms with Gasteiger partial charge in [-0.25, -0.2) is 9.99 Å². The van der Waals surface area contributed by atoms with Crippen LogP contribution in [0.25, 0.3) is 11.2 Å². The zero-order valence-electron chi connectivity index (χ0n) is 22.2. The summed E-state index contributed by atoms with van der Waals surface area (Å²) in [6, 6.07) is 16.0. The number of ether oxygens (including phenoxy) is 1. The molecule has 12 nitrogen and oxygen atoms in total. The van der Waals surface area contributed by atoms with E-state index in [0.717, 1.165) is 0 Å². The van der Waals surface area contributed by atoms with Gasteiger partial charge in [-0.3, -0.25) is 15.6 Å². The molecule has 0 radical (unpaired) electrons. The fourth-order valence-corrected chi connectivity index (χ4v) is 4.27. The van der Waals surface area contributed by atoms with E-state index in [1.165, 1.54) is 12.1 Å². The number of hydrogen-bond acceptors (Lipinski definition) is 10. The molecule has 13 heteroatoms. The number of aromatic nitrogens is 4. The van der Waals surface area contributed by atoms with Crippen LogP contribution in [0.1, 0.15) is 34.4 Å². The van der Waals surface area contributed by atoms with Crippen molar-refractivity contribution in [2.45, 2.75) is 19.1 Å². The van der Waals surface area contributed by atoms with Gasteiger partial charge < -0.3 is 25.0 Å². The van der Waals surface area contributed by atoms with E-state index < -0.39 is 11.5 Å². The number of aliphatic hydroxyl groups is 1. The first-order valence-electron chi connectivity index (χ1n) is 12.5. The molecule has 0 spiro atoms. The van der Waals surface area contributed by atoms with Crippen LogP contribution in [0.5, 0.6) is 5.88 Å². The third-order valence-electron chi connectivity index (χ3n) is 6.23. The number of benzene rings is 1. The Morgan fingerprint density at radius 1 is 1.23 bits per heavy atom. The van der Waals surface area contributed by atoms with Gasteiger partial charge in [0.15, 0.2) is 17.1 Å². The van der Waals surface area contributed by atoms with Gasteiger partial charge in [0, 0.05) is 19.3 Å². The summed E-state index contributed by atoms with van der Waals surface area (Å²) in [4.78, 5) is 30.4. The van der Waals surface area contributed by atoms with Gasteiger partial charge in [0.1, 0.15) is 12.2 Å². The fraction of sp³-hybridized carbons (Fsp3) is 0.259. The molecule has 0 aliphatic carbocycles. The first-order chi connectivity index (χ1) is 19.3. The predicted octanol–water partition coefficient (Wildman–Crippen LogP) is 1.96. The number of imidazole rings is 1. The highest BCUT2D eigenvalue weighted by Gasteiger charge is 2.40. The van der Waals surface area contributed by atoms with Crippen molar-refractivity contribution < 1.29 is 24.1 Å². The van der Waals surface area contributed by atoms with Crippen molar-refractivity contribution in [3.8, 4) is 5.88 Å². The maximum Gasteiger partial charge on any atom is 0.262 e. The smallest absolute Gasteiger partial charge is 0.262 e. The summed E-state index contributed by atoms with van der Waals surface area (Å²) >= 11 is 0. The molecule has 1 unspecified atom stereocenters. The highest BCUT2D eigenvalue weighted by Crippen LogP contribution is 2.37. The third-order valence-corrected chi connectivity index (χ3v) is 6.23. The molecule has 5 N–H and O–H groups in total. The monoisotopic (exact) mass is 550 g/mol. The molecule has 1 atom stereocenters. The number of fused-ring (bicyclic) bond motifs is 1. The number of nitrogens with one attached hydrogen (secondary N) is 2. The maximum absolute atomic E-state index is 13.2. The van der Waals surface area contributed by atoms with Gasteiger partial charge in [-0.1, -0.05) is 43.0 Å². The minimum atomic E-state index is -1.71. The largest absolute Gasteiger partial charge is 0.480 e. The molecule has 0 saturated carbocycles. The quantitative estimate of drug-likeness (QED) is 0.110. The molecule has 4 aromatic rings. The summed E-state index contributed by atoms with van der Waals surface area (Å²) in [7, 11) is 1.39. The van der Waals surface area contributed by atoms with Gasteiger partial charge in [-0.15, -0.1) is 0 Å². The van der Waals surface area contributed by atoms with Crippen LogP contribution in [0.2, 0.25) is 0 Å². The Labute approximate surface area is 230 Å². The number of carbonyl (C=O) groups excluding carboxylic acids is 1. The van der Waals surface area contributed by atoms with Gasteiger partial charge >= 0.3 is 0 Å². The number of amides is 1. The van der Waals surface area contributed by atoms with Crippen LogP contribution < -0.4 is 21.2 Å². The molecule has 40 heavy (non-hydrogen) atoms. The van der Waals surface area contributed by atoms with Crippen molar-refractivity contribution in [2.24, 2.45) is 5.84 Å². The lowest BCUT2D eigenvalue weighted by Gasteiger charge is -2.28. The van der Waals surface area contributed by atoms with Crippen molar-refractivity contribution >= 4 is 17.1 Å². The van der Waals surface area contributed by atoms with E-state index in [1.54, 1.807) is 47.2 Å². The number of rotatable bonds is 13. The van der Waals surface area contributed by atoms with Crippen LogP contribution in [-0.2, 0) is 17.1 Å². The van der Waals surface area contributed by atoms with E-state index in [1.807, 2.05) is 25.1 Å². The summed E-state index contributed by atoms with van der Waals surface area (Å²) in [5, 5.41) is 19.0. The zero-order valence-corrected chi connectivity index (χ0v) is 22.2. The molecule has 0 fully saturated rings. The van der Waals surface area contributed by atoms with Gasteiger partial charge in [0.05, 0.1) is 30.8 Å². The number of nitrogens with zero attached hydrogens (tertiary/aromatic N) is 5. The van der Waals surface area contributed by atoms with Gasteiger partial charge in [-0.05, 0) is 35.2 Å². The van der Waals surface area contributed by atoms with E-state index in [4.69, 9.17) is 15.6 Å². The average molecular weight is 551 g/mol. The zero-order chi connectivity index (χ0) is 28.7. The second kappa shape index (κ2) is 12.6. The molecule has 1 aromatic carbocycles. The first kappa shape index (κ1) is 28.6. The van der Waals surface area contributed by atoms with Crippen molar-refractivity contribution in [3.05, 3.63) is 95.8 Å². The summed E-state index contributed by atoms with van der Waals surface area (Å²) in [6.07, 6.45) is 1.60. The minimum absolute atomic E-state index is 0.0340. The molecular weight excluding hydrogens is 519 g/mol. The summed E-state index contributed by atoms with van der Waals surface area (Å²) in [5.74, 6) is 5.64. The second-order valence-electron chi connectivity index (χ2n) is 8.75. The topological polar surface area (TPSA) is 153 Å². The molecule has 0 aliphatic heterocycles. The van der Waals surface area contributed by atoms with E-state index in [2.05, 4.69) is 32.1 Å². The standard InChI is InChI=1S/C27H31FN8O4/c1-4-36-21-16-20(24(37)32-18(2)31-17-35(29)14-15-40-28)25(39-3)33-23(21)34-26(36)27(38,19-10-6-5-7-11-19)22-12-8-9-13-30-22/h5-13,16,31,38H,2,4,14-15,17,29H2,1,3H3,(H,32,37). The minimum Gasteiger partial charge on any atom is -0.480 e. The number of methoxy groups -OCH3 is 1. The average Bonchev–Trinajstić information content (AvgIpc) is 3.36. The molecule has 4 rings (SSSR count). The lowest BCUT2D eigenvalue weighted by atomic mass is 9.89. The van der Waals surface area contributed by atoms with Crippen molar-refractivity contribution in [2.75, 3.05) is 26.9 Å². The molecular formula is C27H31FN8O4. The Kier molecular flexibility index (Phi) is 9.01. The van der Waals surface area contributed by atoms with E-state index in [-0.39, 0.29) is 48.6 Å². The van der Waals surface area contributed by atoms with Gasteiger partial charge in [-0.2, -0.15) is 9.93 Å². The summed E-state index contributed by atoms with van der Waals surface area (Å²) in [6.45, 7) is 6.08. The Morgan fingerprint density at radius 2 is 1.98 bits per heavy atom. The third kappa shape index (κ3) is 5.77. The maximum atomic E-state index is 13.2. The van der Waals surface area contributed by atoms with Crippen LogP contribution in [0, 0.1) is 0 Å². The highest BCUT2D eigenvalue weighted by atomic mass is 19.3. The van der Waals surface area contributed by atoms with E-state index in [9.17, 15) is 14.4 Å². The molecule has 3 aromatic heterocycles. The summed E-state index contributed by atoms with van der Waals surface area (Å²) < 4.78 is 19.1. The van der Waals surface area contributed by atoms with E-state index >= 15 is 0 Å². The number of aryl methyl sites for hydroxylation is 1. The van der Waals surface area contributed by atoms with Crippen LogP contribution in [0.3, 0.4) is 0 Å². The number of hydrogen-bond donors (Lipinski definition) is 4. The Morgan fingerprint density at radius 3 is 2.62 bits per heavy atom. The second-order valence-corrected chi connectivity index (χ2v) is 8.75. The van der Waals surface area contributed by atoms with Crippen LogP contribution >= 0.6 is 0 Å². The number of carbonyl (C=O) groups is 1. The normalized spacial score (nSPS) is 12.8. The lowest BCUT2D eigenvalue weighted by Crippen LogP contribution is -2.43. The molecule has 1 amide bonds. The summed E-state index contributed by atoms with van der Waals surface area (Å²) in [5.41, 5.74) is 0.140. The molecule has 3 heterocycles. The Balaban J connectivity index is 1.73. The van der Waals surface area contributed by atoms with Crippen LogP contribution in [0.4, 0.5) is 4.53 Å². The number of halogens is 1. The highest BCUT2D eigenvalue weighted by molar-refractivity contribution is 5.99. The van der Waals surface area contributed by atoms with Crippen LogP contribution in [0.15, 0.2) is 73.2 Å². The van der Waals surface area contributed by atoms with Crippen LogP contribution in [-0.4, -0.2) is 62.5 Å². The molecule has 0 aliphatic rings. The fourth-order valence-electron chi connectivity index (χ4n) is 4.27. The molecule has 0 bridgehead atoms. The lowest BCUT2D eigenvalue weighted by molar-refractivity contribution is -0.136. The first-order valence-corrected chi connectivity index (χ1v) is 12.5. The SMILES string of the molecule is C=C(NCN(N)CCOF)NC(=O)c1cc2c(nc1OC)nc(C(O)(c1ccccc1)c1ccccn1)n2CC. The number of hydrazine groups is 1. The van der Waals surface area contributed by atoms with Gasteiger partial charge in [0.25, 0.3) is 5.91 Å². The van der Waals surface area contributed by atoms with Gasteiger partial charge in [0.2, 0.25) is 5.88 Å².